The molecular weight excluding hydrogens is 264 g/mol. The molecule has 0 spiro atoms. The van der Waals surface area contributed by atoms with Gasteiger partial charge in [0.2, 0.25) is 0 Å². The second-order valence-corrected chi connectivity index (χ2v) is 6.72. The Balaban J connectivity index is 0.000000160. The highest BCUT2D eigenvalue weighted by Gasteiger charge is 2.04. The molecule has 1 aromatic carbocycles. The zero-order valence-corrected chi connectivity index (χ0v) is 13.9. The zero-order chi connectivity index (χ0) is 14.9. The second kappa shape index (κ2) is 5.80. The van der Waals surface area contributed by atoms with Gasteiger partial charge in [0, 0.05) is 16.8 Å². The van der Waals surface area contributed by atoms with Crippen LogP contribution in [0.5, 0.6) is 0 Å². The van der Waals surface area contributed by atoms with Crippen LogP contribution in [0.2, 0.25) is 0 Å². The average molecular weight is 286 g/mol. The van der Waals surface area contributed by atoms with E-state index in [1.54, 1.807) is 0 Å². The molecule has 0 bridgehead atoms. The molecule has 0 aliphatic rings. The van der Waals surface area contributed by atoms with E-state index in [0.29, 0.717) is 0 Å². The van der Waals surface area contributed by atoms with E-state index in [9.17, 15) is 0 Å². The minimum absolute atomic E-state index is 1.07. The number of imidazole rings is 1. The Morgan fingerprint density at radius 1 is 1.00 bits per heavy atom. The van der Waals surface area contributed by atoms with E-state index in [0.717, 1.165) is 11.3 Å². The van der Waals surface area contributed by atoms with Gasteiger partial charge in [-0.05, 0) is 57.9 Å². The molecule has 0 fully saturated rings. The van der Waals surface area contributed by atoms with Gasteiger partial charge >= 0.3 is 0 Å². The monoisotopic (exact) mass is 286 g/mol. The molecule has 0 N–H and O–H groups in total. The smallest absolute Gasteiger partial charge is 0.106 e. The molecule has 0 atom stereocenters. The molecule has 2 heterocycles. The molecule has 0 saturated carbocycles. The molecule has 3 aromatic rings. The van der Waals surface area contributed by atoms with Crippen LogP contribution < -0.4 is 0 Å². The van der Waals surface area contributed by atoms with Crippen molar-refractivity contribution in [1.82, 2.24) is 9.55 Å². The Kier molecular flexibility index (Phi) is 4.29. The highest BCUT2D eigenvalue weighted by atomic mass is 32.1. The fraction of sp³-hybridized carbons (Fsp3) is 0.353. The summed E-state index contributed by atoms with van der Waals surface area (Å²) in [5.74, 6) is 1.07. The maximum absolute atomic E-state index is 4.48. The SMILES string of the molecule is Cc1cc(C)c(C)s1.Cc1cccc2c1nc(C)n2C. The predicted octanol–water partition coefficient (Wildman–Crippen LogP) is 4.86. The van der Waals surface area contributed by atoms with Crippen molar-refractivity contribution < 1.29 is 0 Å². The van der Waals surface area contributed by atoms with E-state index in [-0.39, 0.29) is 0 Å². The van der Waals surface area contributed by atoms with Crippen LogP contribution in [0.4, 0.5) is 0 Å². The Hall–Kier alpha value is -1.61. The van der Waals surface area contributed by atoms with Gasteiger partial charge < -0.3 is 4.57 Å². The third-order valence-corrected chi connectivity index (χ3v) is 4.69. The van der Waals surface area contributed by atoms with Gasteiger partial charge in [0.05, 0.1) is 11.0 Å². The van der Waals surface area contributed by atoms with E-state index < -0.39 is 0 Å². The van der Waals surface area contributed by atoms with Crippen LogP contribution in [0.25, 0.3) is 11.0 Å². The third-order valence-electron chi connectivity index (χ3n) is 3.63. The molecule has 3 heteroatoms. The first kappa shape index (κ1) is 14.8. The first-order valence-electron chi connectivity index (χ1n) is 6.82. The fourth-order valence-corrected chi connectivity index (χ4v) is 3.17. The lowest BCUT2D eigenvalue weighted by molar-refractivity contribution is 0.886. The number of para-hydroxylation sites is 1. The Labute approximate surface area is 125 Å². The average Bonchev–Trinajstić information content (AvgIpc) is 2.83. The van der Waals surface area contributed by atoms with Crippen molar-refractivity contribution in [3.63, 3.8) is 0 Å². The summed E-state index contributed by atoms with van der Waals surface area (Å²) in [7, 11) is 2.05. The summed E-state index contributed by atoms with van der Waals surface area (Å²) in [6, 6.07) is 8.48. The van der Waals surface area contributed by atoms with Crippen LogP contribution in [0.3, 0.4) is 0 Å². The fourth-order valence-electron chi connectivity index (χ4n) is 2.23. The maximum Gasteiger partial charge on any atom is 0.106 e. The van der Waals surface area contributed by atoms with Crippen LogP contribution in [0.15, 0.2) is 24.3 Å². The van der Waals surface area contributed by atoms with Crippen LogP contribution in [0, 0.1) is 34.6 Å². The van der Waals surface area contributed by atoms with E-state index in [1.165, 1.54) is 26.4 Å². The summed E-state index contributed by atoms with van der Waals surface area (Å²) in [5.41, 5.74) is 5.01. The lowest BCUT2D eigenvalue weighted by Gasteiger charge is -1.96. The zero-order valence-electron chi connectivity index (χ0n) is 13.1. The van der Waals surface area contributed by atoms with Gasteiger partial charge in [-0.1, -0.05) is 12.1 Å². The van der Waals surface area contributed by atoms with Gasteiger partial charge in [0.25, 0.3) is 0 Å². The molecule has 0 radical (unpaired) electrons. The van der Waals surface area contributed by atoms with Crippen LogP contribution in [0.1, 0.15) is 26.7 Å². The molecule has 2 aromatic heterocycles. The molecule has 0 amide bonds. The standard InChI is InChI=1S/C10H12N2.C7H10S/c1-7-5-4-6-9-10(7)11-8(2)12(9)3;1-5-4-6(2)8-7(5)3/h4-6H,1-3H3;4H,1-3H3. The number of hydrogen-bond donors (Lipinski definition) is 0. The van der Waals surface area contributed by atoms with Gasteiger partial charge in [0.15, 0.2) is 0 Å². The van der Waals surface area contributed by atoms with Crippen molar-refractivity contribution >= 4 is 22.4 Å². The van der Waals surface area contributed by atoms with E-state index in [2.05, 4.69) is 61.5 Å². The Morgan fingerprint density at radius 3 is 2.15 bits per heavy atom. The number of fused-ring (bicyclic) bond motifs is 1. The second-order valence-electron chi connectivity index (χ2n) is 5.26. The quantitative estimate of drug-likeness (QED) is 0.577. The van der Waals surface area contributed by atoms with Crippen molar-refractivity contribution in [1.29, 1.82) is 0 Å². The van der Waals surface area contributed by atoms with Gasteiger partial charge in [-0.3, -0.25) is 0 Å². The first-order chi connectivity index (χ1) is 9.40. The molecule has 106 valence electrons. The summed E-state index contributed by atoms with van der Waals surface area (Å²) in [6.45, 7) is 10.6. The lowest BCUT2D eigenvalue weighted by atomic mass is 10.2. The molecule has 0 saturated heterocycles. The van der Waals surface area contributed by atoms with Crippen molar-refractivity contribution in [2.24, 2.45) is 7.05 Å². The van der Waals surface area contributed by atoms with Gasteiger partial charge in [-0.25, -0.2) is 4.98 Å². The summed E-state index contributed by atoms with van der Waals surface area (Å²) in [5, 5.41) is 0. The number of benzene rings is 1. The molecular formula is C17H22N2S. The van der Waals surface area contributed by atoms with E-state index in [1.807, 2.05) is 25.3 Å². The molecule has 0 aliphatic carbocycles. The highest BCUT2D eigenvalue weighted by molar-refractivity contribution is 7.12. The largest absolute Gasteiger partial charge is 0.331 e. The number of thiophene rings is 1. The van der Waals surface area contributed by atoms with Crippen LogP contribution >= 0.6 is 11.3 Å². The normalized spacial score (nSPS) is 10.5. The van der Waals surface area contributed by atoms with Gasteiger partial charge in [-0.15, -0.1) is 11.3 Å². The van der Waals surface area contributed by atoms with Crippen molar-refractivity contribution in [3.05, 3.63) is 51.0 Å². The van der Waals surface area contributed by atoms with Gasteiger partial charge in [0.1, 0.15) is 5.82 Å². The topological polar surface area (TPSA) is 17.8 Å². The highest BCUT2D eigenvalue weighted by Crippen LogP contribution is 2.18. The molecule has 0 unspecified atom stereocenters. The summed E-state index contributed by atoms with van der Waals surface area (Å²) < 4.78 is 2.11. The molecule has 2 nitrogen and oxygen atoms in total. The first-order valence-corrected chi connectivity index (χ1v) is 7.64. The van der Waals surface area contributed by atoms with E-state index >= 15 is 0 Å². The number of hydrogen-bond acceptors (Lipinski definition) is 2. The summed E-state index contributed by atoms with van der Waals surface area (Å²) in [4.78, 5) is 7.34. The van der Waals surface area contributed by atoms with Crippen molar-refractivity contribution in [2.75, 3.05) is 0 Å². The number of aromatic nitrogens is 2. The Morgan fingerprint density at radius 2 is 1.70 bits per heavy atom. The van der Waals surface area contributed by atoms with Gasteiger partial charge in [-0.2, -0.15) is 0 Å². The third kappa shape index (κ3) is 2.93. The van der Waals surface area contributed by atoms with Crippen LogP contribution in [-0.2, 0) is 7.05 Å². The van der Waals surface area contributed by atoms with E-state index in [4.69, 9.17) is 0 Å². The number of aryl methyl sites for hydroxylation is 6. The minimum Gasteiger partial charge on any atom is -0.331 e. The predicted molar refractivity (Wildman–Crippen MR) is 88.7 cm³/mol. The summed E-state index contributed by atoms with van der Waals surface area (Å²) in [6.07, 6.45) is 0. The lowest BCUT2D eigenvalue weighted by Crippen LogP contribution is -1.89. The maximum atomic E-state index is 4.48. The van der Waals surface area contributed by atoms with Crippen molar-refractivity contribution in [3.8, 4) is 0 Å². The summed E-state index contributed by atoms with van der Waals surface area (Å²) >= 11 is 1.87. The molecule has 0 aliphatic heterocycles. The number of rotatable bonds is 0. The Bertz CT molecular complexity index is 715. The number of nitrogens with zero attached hydrogens (tertiary/aromatic N) is 2. The van der Waals surface area contributed by atoms with Crippen molar-refractivity contribution in [2.45, 2.75) is 34.6 Å². The molecule has 20 heavy (non-hydrogen) atoms. The van der Waals surface area contributed by atoms with Crippen LogP contribution in [-0.4, -0.2) is 9.55 Å². The molecule has 3 rings (SSSR count). The minimum atomic E-state index is 1.07.